The molecule has 0 amide bonds. The average molecular weight is 219 g/mol. The monoisotopic (exact) mass is 219 g/mol. The highest BCUT2D eigenvalue weighted by atomic mass is 19.1. The van der Waals surface area contributed by atoms with E-state index in [1.807, 2.05) is 16.8 Å². The van der Waals surface area contributed by atoms with Gasteiger partial charge in [-0.2, -0.15) is 0 Å². The minimum atomic E-state index is -0.257. The average Bonchev–Trinajstić information content (AvgIpc) is 2.66. The number of hydrogen-bond acceptors (Lipinski definition) is 2. The topological polar surface area (TPSA) is 29.9 Å². The van der Waals surface area contributed by atoms with Crippen molar-refractivity contribution in [3.63, 3.8) is 0 Å². The van der Waals surface area contributed by atoms with Gasteiger partial charge in [0.15, 0.2) is 0 Å². The Morgan fingerprint density at radius 3 is 2.88 bits per heavy atom. The van der Waals surface area contributed by atoms with Crippen LogP contribution in [0.1, 0.15) is 19.9 Å². The zero-order chi connectivity index (χ0) is 11.5. The maximum Gasteiger partial charge on any atom is 0.207 e. The first kappa shape index (κ1) is 10.7. The van der Waals surface area contributed by atoms with E-state index in [1.54, 1.807) is 12.3 Å². The second kappa shape index (κ2) is 4.35. The first-order valence-corrected chi connectivity index (χ1v) is 5.22. The molecule has 1 aromatic heterocycles. The van der Waals surface area contributed by atoms with Crippen LogP contribution in [0.4, 0.5) is 16.0 Å². The molecule has 0 fully saturated rings. The summed E-state index contributed by atoms with van der Waals surface area (Å²) in [6.45, 7) is 4.14. The van der Waals surface area contributed by atoms with Gasteiger partial charge in [0.25, 0.3) is 0 Å². The Kier molecular flexibility index (Phi) is 2.90. The fourth-order valence-corrected chi connectivity index (χ4v) is 1.52. The molecule has 1 heterocycles. The predicted octanol–water partition coefficient (Wildman–Crippen LogP) is 3.35. The summed E-state index contributed by atoms with van der Waals surface area (Å²) in [5.41, 5.74) is 0.702. The van der Waals surface area contributed by atoms with Crippen LogP contribution in [0.15, 0.2) is 36.7 Å². The Hall–Kier alpha value is -1.84. The van der Waals surface area contributed by atoms with Gasteiger partial charge in [0.1, 0.15) is 5.82 Å². The summed E-state index contributed by atoms with van der Waals surface area (Å²) >= 11 is 0. The molecule has 0 saturated heterocycles. The van der Waals surface area contributed by atoms with Crippen molar-refractivity contribution in [1.82, 2.24) is 9.55 Å². The van der Waals surface area contributed by atoms with Crippen LogP contribution in [-0.4, -0.2) is 9.55 Å². The lowest BCUT2D eigenvalue weighted by Gasteiger charge is -2.12. The highest BCUT2D eigenvalue weighted by molar-refractivity contribution is 5.53. The van der Waals surface area contributed by atoms with Crippen molar-refractivity contribution in [2.75, 3.05) is 5.32 Å². The van der Waals surface area contributed by atoms with E-state index in [1.165, 1.54) is 12.1 Å². The van der Waals surface area contributed by atoms with Crippen LogP contribution in [0.2, 0.25) is 0 Å². The minimum absolute atomic E-state index is 0.257. The first-order chi connectivity index (χ1) is 7.66. The van der Waals surface area contributed by atoms with E-state index in [2.05, 4.69) is 24.1 Å². The van der Waals surface area contributed by atoms with Crippen molar-refractivity contribution >= 4 is 11.6 Å². The Morgan fingerprint density at radius 1 is 1.38 bits per heavy atom. The lowest BCUT2D eigenvalue weighted by atomic mass is 10.3. The number of imidazole rings is 1. The van der Waals surface area contributed by atoms with Crippen LogP contribution in [0.5, 0.6) is 0 Å². The molecule has 0 unspecified atom stereocenters. The molecule has 0 aliphatic carbocycles. The molecule has 1 N–H and O–H groups in total. The molecule has 0 radical (unpaired) electrons. The molecule has 0 atom stereocenters. The number of aromatic nitrogens is 2. The van der Waals surface area contributed by atoms with Gasteiger partial charge < -0.3 is 9.88 Å². The smallest absolute Gasteiger partial charge is 0.207 e. The summed E-state index contributed by atoms with van der Waals surface area (Å²) in [4.78, 5) is 4.19. The number of rotatable bonds is 3. The molecule has 0 saturated carbocycles. The van der Waals surface area contributed by atoms with Crippen molar-refractivity contribution in [3.05, 3.63) is 42.5 Å². The molecule has 84 valence electrons. The fourth-order valence-electron chi connectivity index (χ4n) is 1.52. The zero-order valence-corrected chi connectivity index (χ0v) is 9.31. The van der Waals surface area contributed by atoms with Crippen molar-refractivity contribution in [2.45, 2.75) is 19.9 Å². The third-order valence-corrected chi connectivity index (χ3v) is 2.31. The largest absolute Gasteiger partial charge is 0.326 e. The number of nitrogens with one attached hydrogen (secondary N) is 1. The van der Waals surface area contributed by atoms with E-state index in [-0.39, 0.29) is 5.82 Å². The number of anilines is 2. The SMILES string of the molecule is CC(C)n1ccnc1Nc1cccc(F)c1. The van der Waals surface area contributed by atoms with Gasteiger partial charge in [0.2, 0.25) is 5.95 Å². The number of benzene rings is 1. The van der Waals surface area contributed by atoms with E-state index in [0.29, 0.717) is 11.7 Å². The second-order valence-electron chi connectivity index (χ2n) is 3.89. The Labute approximate surface area is 93.9 Å². The summed E-state index contributed by atoms with van der Waals surface area (Å²) < 4.78 is 15.0. The lowest BCUT2D eigenvalue weighted by Crippen LogP contribution is -2.05. The second-order valence-corrected chi connectivity index (χ2v) is 3.89. The summed E-state index contributed by atoms with van der Waals surface area (Å²) in [5, 5.41) is 3.09. The van der Waals surface area contributed by atoms with E-state index >= 15 is 0 Å². The molecule has 4 heteroatoms. The van der Waals surface area contributed by atoms with Crippen molar-refractivity contribution < 1.29 is 4.39 Å². The van der Waals surface area contributed by atoms with Gasteiger partial charge in [-0.15, -0.1) is 0 Å². The van der Waals surface area contributed by atoms with Crippen LogP contribution in [0.3, 0.4) is 0 Å². The summed E-state index contributed by atoms with van der Waals surface area (Å²) in [5.74, 6) is 0.466. The van der Waals surface area contributed by atoms with E-state index in [4.69, 9.17) is 0 Å². The fraction of sp³-hybridized carbons (Fsp3) is 0.250. The number of nitrogens with zero attached hydrogens (tertiary/aromatic N) is 2. The predicted molar refractivity (Wildman–Crippen MR) is 62.3 cm³/mol. The molecular weight excluding hydrogens is 205 g/mol. The zero-order valence-electron chi connectivity index (χ0n) is 9.31. The molecule has 1 aromatic carbocycles. The minimum Gasteiger partial charge on any atom is -0.326 e. The molecule has 0 aliphatic heterocycles. The number of hydrogen-bond donors (Lipinski definition) is 1. The van der Waals surface area contributed by atoms with Gasteiger partial charge in [0, 0.05) is 24.1 Å². The maximum absolute atomic E-state index is 13.0. The first-order valence-electron chi connectivity index (χ1n) is 5.22. The molecule has 0 bridgehead atoms. The molecule has 3 nitrogen and oxygen atoms in total. The van der Waals surface area contributed by atoms with Crippen LogP contribution in [0, 0.1) is 5.82 Å². The van der Waals surface area contributed by atoms with Gasteiger partial charge in [-0.1, -0.05) is 6.07 Å². The highest BCUT2D eigenvalue weighted by Crippen LogP contribution is 2.18. The maximum atomic E-state index is 13.0. The van der Waals surface area contributed by atoms with Crippen molar-refractivity contribution in [3.8, 4) is 0 Å². The van der Waals surface area contributed by atoms with Crippen LogP contribution < -0.4 is 5.32 Å². The highest BCUT2D eigenvalue weighted by Gasteiger charge is 2.05. The molecule has 0 aliphatic rings. The summed E-state index contributed by atoms with van der Waals surface area (Å²) in [7, 11) is 0. The van der Waals surface area contributed by atoms with E-state index in [0.717, 1.165) is 5.95 Å². The van der Waals surface area contributed by atoms with Crippen molar-refractivity contribution in [2.24, 2.45) is 0 Å². The van der Waals surface area contributed by atoms with Gasteiger partial charge in [-0.25, -0.2) is 9.37 Å². The number of halogens is 1. The molecule has 16 heavy (non-hydrogen) atoms. The van der Waals surface area contributed by atoms with Crippen molar-refractivity contribution in [1.29, 1.82) is 0 Å². The third-order valence-electron chi connectivity index (χ3n) is 2.31. The summed E-state index contributed by atoms with van der Waals surface area (Å²) in [6, 6.07) is 6.65. The molecule has 2 rings (SSSR count). The molecular formula is C12H14FN3. The molecule has 2 aromatic rings. The lowest BCUT2D eigenvalue weighted by molar-refractivity contribution is 0.607. The molecule has 0 spiro atoms. The van der Waals surface area contributed by atoms with E-state index < -0.39 is 0 Å². The Bertz CT molecular complexity index is 477. The summed E-state index contributed by atoms with van der Waals surface area (Å²) in [6.07, 6.45) is 3.62. The van der Waals surface area contributed by atoms with Gasteiger partial charge in [-0.05, 0) is 32.0 Å². The van der Waals surface area contributed by atoms with Gasteiger partial charge >= 0.3 is 0 Å². The standard InChI is InChI=1S/C12H14FN3/c1-9(2)16-7-6-14-12(16)15-11-5-3-4-10(13)8-11/h3-9H,1-2H3,(H,14,15). The van der Waals surface area contributed by atoms with Crippen LogP contribution in [-0.2, 0) is 0 Å². The quantitative estimate of drug-likeness (QED) is 0.857. The Balaban J connectivity index is 2.24. The van der Waals surface area contributed by atoms with E-state index in [9.17, 15) is 4.39 Å². The van der Waals surface area contributed by atoms with Gasteiger partial charge in [0.05, 0.1) is 0 Å². The normalized spacial score (nSPS) is 10.8. The van der Waals surface area contributed by atoms with Gasteiger partial charge in [-0.3, -0.25) is 0 Å². The van der Waals surface area contributed by atoms with Crippen LogP contribution >= 0.6 is 0 Å². The Morgan fingerprint density at radius 2 is 2.19 bits per heavy atom. The third kappa shape index (κ3) is 2.21. The van der Waals surface area contributed by atoms with Crippen LogP contribution in [0.25, 0.3) is 0 Å².